The van der Waals surface area contributed by atoms with E-state index in [-0.39, 0.29) is 6.04 Å². The fourth-order valence-electron chi connectivity index (χ4n) is 2.31. The molecule has 108 valence electrons. The molecule has 5 heteroatoms. The lowest BCUT2D eigenvalue weighted by Crippen LogP contribution is -2.30. The highest BCUT2D eigenvalue weighted by atomic mass is 35.5. The van der Waals surface area contributed by atoms with Gasteiger partial charge in [-0.3, -0.25) is 16.0 Å². The topological polar surface area (TPSA) is 55.9 Å². The summed E-state index contributed by atoms with van der Waals surface area (Å²) in [4.78, 5) is 0. The van der Waals surface area contributed by atoms with Gasteiger partial charge < -0.3 is 0 Å². The number of halogens is 1. The lowest BCUT2D eigenvalue weighted by Gasteiger charge is -2.17. The number of nitrogens with zero attached hydrogens (tertiary/aromatic N) is 2. The van der Waals surface area contributed by atoms with Crippen LogP contribution in [-0.2, 0) is 19.9 Å². The van der Waals surface area contributed by atoms with Crippen LogP contribution in [0.2, 0.25) is 5.02 Å². The van der Waals surface area contributed by atoms with Crippen molar-refractivity contribution in [1.82, 2.24) is 15.2 Å². The van der Waals surface area contributed by atoms with Crippen LogP contribution in [0.3, 0.4) is 0 Å². The van der Waals surface area contributed by atoms with Crippen molar-refractivity contribution in [2.45, 2.75) is 32.7 Å². The number of aryl methyl sites for hydroxylation is 3. The van der Waals surface area contributed by atoms with Gasteiger partial charge in [0.15, 0.2) is 0 Å². The van der Waals surface area contributed by atoms with Crippen molar-refractivity contribution in [1.29, 1.82) is 0 Å². The molecule has 0 amide bonds. The van der Waals surface area contributed by atoms with Gasteiger partial charge in [0.1, 0.15) is 0 Å². The lowest BCUT2D eigenvalue weighted by molar-refractivity contribution is 0.530. The Balaban J connectivity index is 2.26. The highest BCUT2D eigenvalue weighted by molar-refractivity contribution is 6.31. The molecule has 1 aromatic carbocycles. The maximum Gasteiger partial charge on any atom is 0.0850 e. The van der Waals surface area contributed by atoms with Gasteiger partial charge in [-0.1, -0.05) is 48.4 Å². The van der Waals surface area contributed by atoms with E-state index in [9.17, 15) is 0 Å². The minimum Gasteiger partial charge on any atom is -0.271 e. The second kappa shape index (κ2) is 6.39. The summed E-state index contributed by atoms with van der Waals surface area (Å²) in [7, 11) is 1.92. The monoisotopic (exact) mass is 292 g/mol. The van der Waals surface area contributed by atoms with Gasteiger partial charge in [0, 0.05) is 13.5 Å². The molecule has 0 aliphatic carbocycles. The highest BCUT2D eigenvalue weighted by Crippen LogP contribution is 2.26. The molecule has 0 saturated carbocycles. The number of nitrogens with one attached hydrogen (secondary N) is 1. The van der Waals surface area contributed by atoms with Gasteiger partial charge in [0.05, 0.1) is 22.5 Å². The average Bonchev–Trinajstić information content (AvgIpc) is 2.72. The Bertz CT molecular complexity index is 574. The van der Waals surface area contributed by atoms with Crippen LogP contribution >= 0.6 is 11.6 Å². The zero-order valence-corrected chi connectivity index (χ0v) is 12.9. The van der Waals surface area contributed by atoms with E-state index in [4.69, 9.17) is 17.4 Å². The standard InChI is InChI=1S/C15H21ClN4/c1-4-12-15(16)14(20(3)19-12)9-13(18-17)11-7-5-10(2)6-8-11/h5-8,13,18H,4,9,17H2,1-3H3. The predicted molar refractivity (Wildman–Crippen MR) is 82.5 cm³/mol. The van der Waals surface area contributed by atoms with Crippen molar-refractivity contribution >= 4 is 11.6 Å². The SMILES string of the molecule is CCc1nn(C)c(CC(NN)c2ccc(C)cc2)c1Cl. The summed E-state index contributed by atoms with van der Waals surface area (Å²) in [6.07, 6.45) is 1.54. The number of hydrogen-bond acceptors (Lipinski definition) is 3. The summed E-state index contributed by atoms with van der Waals surface area (Å²) in [5.74, 6) is 5.71. The van der Waals surface area contributed by atoms with Crippen molar-refractivity contribution in [2.75, 3.05) is 0 Å². The zero-order valence-electron chi connectivity index (χ0n) is 12.2. The number of aromatic nitrogens is 2. The first-order valence-electron chi connectivity index (χ1n) is 6.79. The highest BCUT2D eigenvalue weighted by Gasteiger charge is 2.18. The molecule has 0 fully saturated rings. The van der Waals surface area contributed by atoms with Crippen LogP contribution in [0.1, 0.15) is 35.5 Å². The molecule has 20 heavy (non-hydrogen) atoms. The Morgan fingerprint density at radius 1 is 1.35 bits per heavy atom. The van der Waals surface area contributed by atoms with E-state index < -0.39 is 0 Å². The van der Waals surface area contributed by atoms with Crippen molar-refractivity contribution in [3.8, 4) is 0 Å². The first-order chi connectivity index (χ1) is 9.56. The molecule has 0 bridgehead atoms. The summed E-state index contributed by atoms with van der Waals surface area (Å²) in [5, 5.41) is 5.19. The molecule has 0 radical (unpaired) electrons. The fourth-order valence-corrected chi connectivity index (χ4v) is 2.68. The normalized spacial score (nSPS) is 12.7. The molecule has 2 aromatic rings. The first-order valence-corrected chi connectivity index (χ1v) is 7.17. The van der Waals surface area contributed by atoms with E-state index in [1.54, 1.807) is 0 Å². The Labute approximate surface area is 124 Å². The van der Waals surface area contributed by atoms with E-state index in [1.165, 1.54) is 5.56 Å². The Morgan fingerprint density at radius 2 is 2.00 bits per heavy atom. The molecular weight excluding hydrogens is 272 g/mol. The number of nitrogens with two attached hydrogens (primary N) is 1. The third kappa shape index (κ3) is 3.03. The summed E-state index contributed by atoms with van der Waals surface area (Å²) >= 11 is 6.39. The molecule has 1 aromatic heterocycles. The number of hydrogen-bond donors (Lipinski definition) is 2. The lowest BCUT2D eigenvalue weighted by atomic mass is 10.0. The zero-order chi connectivity index (χ0) is 14.7. The quantitative estimate of drug-likeness (QED) is 0.658. The van der Waals surface area contributed by atoms with E-state index in [1.807, 2.05) is 11.7 Å². The van der Waals surface area contributed by atoms with Crippen LogP contribution < -0.4 is 11.3 Å². The van der Waals surface area contributed by atoms with Crippen molar-refractivity contribution < 1.29 is 0 Å². The number of benzene rings is 1. The maximum atomic E-state index is 6.39. The van der Waals surface area contributed by atoms with Gasteiger partial charge in [-0.25, -0.2) is 0 Å². The molecule has 0 aliphatic heterocycles. The smallest absolute Gasteiger partial charge is 0.0850 e. The molecule has 0 aliphatic rings. The summed E-state index contributed by atoms with van der Waals surface area (Å²) < 4.78 is 1.85. The summed E-state index contributed by atoms with van der Waals surface area (Å²) in [6, 6.07) is 8.37. The second-order valence-corrected chi connectivity index (χ2v) is 5.40. The van der Waals surface area contributed by atoms with Crippen molar-refractivity contribution in [3.63, 3.8) is 0 Å². The summed E-state index contributed by atoms with van der Waals surface area (Å²) in [5.41, 5.74) is 7.19. The molecule has 0 saturated heterocycles. The van der Waals surface area contributed by atoms with Gasteiger partial charge >= 0.3 is 0 Å². The average molecular weight is 293 g/mol. The van der Waals surface area contributed by atoms with E-state index in [2.05, 4.69) is 48.6 Å². The van der Waals surface area contributed by atoms with Crippen molar-refractivity contribution in [2.24, 2.45) is 12.9 Å². The first kappa shape index (κ1) is 15.0. The third-order valence-corrected chi connectivity index (χ3v) is 4.02. The molecule has 1 heterocycles. The molecule has 1 atom stereocenters. The molecule has 4 nitrogen and oxygen atoms in total. The van der Waals surface area contributed by atoms with E-state index in [0.717, 1.165) is 28.4 Å². The van der Waals surface area contributed by atoms with Crippen LogP contribution in [0, 0.1) is 6.92 Å². The molecule has 2 rings (SSSR count). The van der Waals surface area contributed by atoms with E-state index in [0.29, 0.717) is 6.42 Å². The Kier molecular flexibility index (Phi) is 4.81. The van der Waals surface area contributed by atoms with Gasteiger partial charge in [0.25, 0.3) is 0 Å². The van der Waals surface area contributed by atoms with Gasteiger partial charge in [0.2, 0.25) is 0 Å². The minimum atomic E-state index is 0.0215. The third-order valence-electron chi connectivity index (χ3n) is 3.58. The predicted octanol–water partition coefficient (Wildman–Crippen LogP) is 2.69. The molecule has 3 N–H and O–H groups in total. The number of hydrazine groups is 1. The number of rotatable bonds is 5. The van der Waals surface area contributed by atoms with E-state index >= 15 is 0 Å². The molecule has 0 spiro atoms. The van der Waals surface area contributed by atoms with Gasteiger partial charge in [-0.05, 0) is 18.9 Å². The maximum absolute atomic E-state index is 6.39. The van der Waals surface area contributed by atoms with Crippen LogP contribution in [0.4, 0.5) is 0 Å². The fraction of sp³-hybridized carbons (Fsp3) is 0.400. The largest absolute Gasteiger partial charge is 0.271 e. The van der Waals surface area contributed by atoms with Crippen molar-refractivity contribution in [3.05, 3.63) is 51.8 Å². The van der Waals surface area contributed by atoms with Crippen LogP contribution in [0.15, 0.2) is 24.3 Å². The Morgan fingerprint density at radius 3 is 2.50 bits per heavy atom. The van der Waals surface area contributed by atoms with Crippen LogP contribution in [-0.4, -0.2) is 9.78 Å². The van der Waals surface area contributed by atoms with Gasteiger partial charge in [-0.2, -0.15) is 5.10 Å². The summed E-state index contributed by atoms with van der Waals surface area (Å²) in [6.45, 7) is 4.12. The second-order valence-electron chi connectivity index (χ2n) is 5.02. The van der Waals surface area contributed by atoms with Crippen LogP contribution in [0.5, 0.6) is 0 Å². The minimum absolute atomic E-state index is 0.0215. The molecule has 1 unspecified atom stereocenters. The van der Waals surface area contributed by atoms with Gasteiger partial charge in [-0.15, -0.1) is 0 Å². The molecular formula is C15H21ClN4. The van der Waals surface area contributed by atoms with Crippen LogP contribution in [0.25, 0.3) is 0 Å². The Hall–Kier alpha value is -1.36.